The van der Waals surface area contributed by atoms with Gasteiger partial charge in [-0.25, -0.2) is 0 Å². The van der Waals surface area contributed by atoms with Crippen LogP contribution in [0.15, 0.2) is 74.1 Å². The van der Waals surface area contributed by atoms with Crippen molar-refractivity contribution >= 4 is 46.5 Å². The SMILES string of the molecule is N=C1/C(=C/c2ccc(SCc3ccccc3)o2)C(=O)N=C2SC=CN12. The lowest BCUT2D eigenvalue weighted by Crippen LogP contribution is -2.35. The lowest BCUT2D eigenvalue weighted by molar-refractivity contribution is -0.114. The lowest BCUT2D eigenvalue weighted by atomic mass is 10.1. The number of amidine groups is 2. The molecule has 2 aliphatic rings. The zero-order chi connectivity index (χ0) is 17.2. The summed E-state index contributed by atoms with van der Waals surface area (Å²) in [6, 6.07) is 13.8. The van der Waals surface area contributed by atoms with Crippen LogP contribution in [0.25, 0.3) is 6.08 Å². The molecule has 7 heteroatoms. The summed E-state index contributed by atoms with van der Waals surface area (Å²) in [5.41, 5.74) is 1.44. The standard InChI is InChI=1S/C18H13N3O2S2/c19-16-14(17(22)20-18-21(16)8-9-24-18)10-13-6-7-15(23-13)25-11-12-4-2-1-3-5-12/h1-10,19H,11H2/b14-10-,19-16?. The molecule has 0 unspecified atom stereocenters. The van der Waals surface area contributed by atoms with Gasteiger partial charge in [0.05, 0.1) is 5.57 Å². The minimum Gasteiger partial charge on any atom is -0.450 e. The molecule has 3 heterocycles. The molecule has 0 atom stereocenters. The number of fused-ring (bicyclic) bond motifs is 1. The zero-order valence-corrected chi connectivity index (χ0v) is 14.6. The van der Waals surface area contributed by atoms with Crippen molar-refractivity contribution < 1.29 is 9.21 Å². The molecule has 4 rings (SSSR count). The molecule has 0 fully saturated rings. The van der Waals surface area contributed by atoms with Gasteiger partial charge < -0.3 is 4.42 Å². The summed E-state index contributed by atoms with van der Waals surface area (Å²) in [6.45, 7) is 0. The van der Waals surface area contributed by atoms with E-state index in [4.69, 9.17) is 9.83 Å². The number of hydrogen-bond acceptors (Lipinski definition) is 5. The fourth-order valence-electron chi connectivity index (χ4n) is 2.39. The van der Waals surface area contributed by atoms with Gasteiger partial charge in [-0.2, -0.15) is 4.99 Å². The predicted octanol–water partition coefficient (Wildman–Crippen LogP) is 4.35. The maximum atomic E-state index is 12.2. The van der Waals surface area contributed by atoms with Gasteiger partial charge in [-0.1, -0.05) is 53.9 Å². The molecule has 2 aliphatic heterocycles. The number of furan rings is 1. The van der Waals surface area contributed by atoms with E-state index in [1.54, 1.807) is 40.4 Å². The molecule has 25 heavy (non-hydrogen) atoms. The third-order valence-corrected chi connectivity index (χ3v) is 5.36. The van der Waals surface area contributed by atoms with E-state index in [0.717, 1.165) is 10.8 Å². The molecule has 1 amide bonds. The summed E-state index contributed by atoms with van der Waals surface area (Å²) in [5, 5.41) is 11.3. The maximum Gasteiger partial charge on any atom is 0.283 e. The molecule has 0 radical (unpaired) electrons. The van der Waals surface area contributed by atoms with E-state index in [1.807, 2.05) is 24.3 Å². The van der Waals surface area contributed by atoms with E-state index in [2.05, 4.69) is 17.1 Å². The molecule has 5 nitrogen and oxygen atoms in total. The highest BCUT2D eigenvalue weighted by atomic mass is 32.2. The van der Waals surface area contributed by atoms with Crippen molar-refractivity contribution in [1.29, 1.82) is 5.41 Å². The second-order valence-corrected chi connectivity index (χ2v) is 7.16. The first-order valence-corrected chi connectivity index (χ1v) is 9.40. The molecule has 1 aromatic carbocycles. The van der Waals surface area contributed by atoms with Gasteiger partial charge in [-0.15, -0.1) is 0 Å². The fourth-order valence-corrected chi connectivity index (χ4v) is 3.92. The van der Waals surface area contributed by atoms with Gasteiger partial charge >= 0.3 is 0 Å². The van der Waals surface area contributed by atoms with Gasteiger partial charge in [0.1, 0.15) is 11.6 Å². The Bertz CT molecular complexity index is 929. The molecule has 2 aromatic rings. The number of carbonyl (C=O) groups is 1. The first kappa shape index (κ1) is 16.0. The molecule has 0 saturated heterocycles. The van der Waals surface area contributed by atoms with Crippen molar-refractivity contribution in [3.63, 3.8) is 0 Å². The number of aliphatic imine (C=N–C) groups is 1. The summed E-state index contributed by atoms with van der Waals surface area (Å²) in [4.78, 5) is 17.8. The van der Waals surface area contributed by atoms with Gasteiger partial charge in [0.2, 0.25) is 0 Å². The van der Waals surface area contributed by atoms with Gasteiger partial charge in [-0.3, -0.25) is 15.1 Å². The van der Waals surface area contributed by atoms with Crippen LogP contribution in [0.4, 0.5) is 0 Å². The number of rotatable bonds is 4. The maximum absolute atomic E-state index is 12.2. The van der Waals surface area contributed by atoms with Crippen LogP contribution in [0.5, 0.6) is 0 Å². The van der Waals surface area contributed by atoms with Crippen molar-refractivity contribution in [3.8, 4) is 0 Å². The molecule has 1 N–H and O–H groups in total. The van der Waals surface area contributed by atoms with Crippen molar-refractivity contribution in [3.05, 3.63) is 71.0 Å². The first-order chi connectivity index (χ1) is 12.2. The molecule has 0 bridgehead atoms. The van der Waals surface area contributed by atoms with Gasteiger partial charge in [0.25, 0.3) is 5.91 Å². The molecule has 1 aromatic heterocycles. The molecule has 0 spiro atoms. The molecule has 0 saturated carbocycles. The Kier molecular flexibility index (Phi) is 4.33. The highest BCUT2D eigenvalue weighted by molar-refractivity contribution is 8.16. The summed E-state index contributed by atoms with van der Waals surface area (Å²) in [5.74, 6) is 1.05. The van der Waals surface area contributed by atoms with Crippen molar-refractivity contribution in [2.24, 2.45) is 4.99 Å². The minimum absolute atomic E-state index is 0.117. The largest absolute Gasteiger partial charge is 0.450 e. The predicted molar refractivity (Wildman–Crippen MR) is 101 cm³/mol. The van der Waals surface area contributed by atoms with Crippen LogP contribution in [-0.2, 0) is 10.5 Å². The van der Waals surface area contributed by atoms with Crippen LogP contribution in [0.3, 0.4) is 0 Å². The number of benzene rings is 1. The minimum atomic E-state index is -0.415. The molecule has 0 aliphatic carbocycles. The Morgan fingerprint density at radius 3 is 2.92 bits per heavy atom. The Morgan fingerprint density at radius 2 is 2.08 bits per heavy atom. The van der Waals surface area contributed by atoms with E-state index in [9.17, 15) is 4.79 Å². The Labute approximate surface area is 153 Å². The summed E-state index contributed by atoms with van der Waals surface area (Å²) < 4.78 is 5.76. The van der Waals surface area contributed by atoms with E-state index >= 15 is 0 Å². The van der Waals surface area contributed by atoms with Crippen LogP contribution in [-0.4, -0.2) is 21.8 Å². The van der Waals surface area contributed by atoms with E-state index < -0.39 is 5.91 Å². The Morgan fingerprint density at radius 1 is 1.24 bits per heavy atom. The average Bonchev–Trinajstić information content (AvgIpc) is 3.27. The number of hydrogen-bond donors (Lipinski definition) is 1. The van der Waals surface area contributed by atoms with Crippen LogP contribution >= 0.6 is 23.5 Å². The molecular weight excluding hydrogens is 354 g/mol. The van der Waals surface area contributed by atoms with Crippen LogP contribution < -0.4 is 0 Å². The zero-order valence-electron chi connectivity index (χ0n) is 13.0. The first-order valence-electron chi connectivity index (χ1n) is 7.53. The van der Waals surface area contributed by atoms with E-state index in [0.29, 0.717) is 10.9 Å². The Hall–Kier alpha value is -2.51. The highest BCUT2D eigenvalue weighted by Crippen LogP contribution is 2.29. The van der Waals surface area contributed by atoms with Crippen molar-refractivity contribution in [1.82, 2.24) is 4.90 Å². The number of thioether (sulfide) groups is 2. The molecule has 124 valence electrons. The lowest BCUT2D eigenvalue weighted by Gasteiger charge is -2.21. The summed E-state index contributed by atoms with van der Waals surface area (Å²) >= 11 is 2.92. The monoisotopic (exact) mass is 367 g/mol. The highest BCUT2D eigenvalue weighted by Gasteiger charge is 2.31. The number of nitrogens with one attached hydrogen (secondary N) is 1. The van der Waals surface area contributed by atoms with Crippen LogP contribution in [0, 0.1) is 5.41 Å². The van der Waals surface area contributed by atoms with Crippen molar-refractivity contribution in [2.75, 3.05) is 0 Å². The number of carbonyl (C=O) groups excluding carboxylic acids is 1. The molecular formula is C18H13N3O2S2. The average molecular weight is 367 g/mol. The number of nitrogens with zero attached hydrogens (tertiary/aromatic N) is 2. The smallest absolute Gasteiger partial charge is 0.283 e. The quantitative estimate of drug-likeness (QED) is 0.643. The van der Waals surface area contributed by atoms with Crippen molar-refractivity contribution in [2.45, 2.75) is 10.8 Å². The van der Waals surface area contributed by atoms with E-state index in [-0.39, 0.29) is 11.4 Å². The second kappa shape index (κ2) is 6.78. The van der Waals surface area contributed by atoms with Crippen LogP contribution in [0.1, 0.15) is 11.3 Å². The van der Waals surface area contributed by atoms with Gasteiger partial charge in [-0.05, 0) is 29.2 Å². The van der Waals surface area contributed by atoms with Crippen LogP contribution in [0.2, 0.25) is 0 Å². The summed E-state index contributed by atoms with van der Waals surface area (Å²) in [6.07, 6.45) is 3.31. The Balaban J connectivity index is 1.50. The fraction of sp³-hybridized carbons (Fsp3) is 0.0556. The second-order valence-electron chi connectivity index (χ2n) is 5.31. The summed E-state index contributed by atoms with van der Waals surface area (Å²) in [7, 11) is 0. The third-order valence-electron chi connectivity index (χ3n) is 3.63. The topological polar surface area (TPSA) is 69.7 Å². The normalized spacial score (nSPS) is 18.0. The third kappa shape index (κ3) is 3.33. The number of amides is 1. The van der Waals surface area contributed by atoms with E-state index in [1.165, 1.54) is 17.3 Å². The van der Waals surface area contributed by atoms with Gasteiger partial charge in [0, 0.05) is 12.0 Å². The van der Waals surface area contributed by atoms with Gasteiger partial charge in [0.15, 0.2) is 10.3 Å².